The summed E-state index contributed by atoms with van der Waals surface area (Å²) in [5.41, 5.74) is 12.5. The monoisotopic (exact) mass is 180 g/mol. The van der Waals surface area contributed by atoms with E-state index in [0.29, 0.717) is 5.92 Å². The number of halogens is 1. The van der Waals surface area contributed by atoms with Gasteiger partial charge in [0.2, 0.25) is 0 Å². The first-order valence-electron chi connectivity index (χ1n) is 4.49. The molecular formula is C10H13FN2. The zero-order chi connectivity index (χ0) is 9.42. The van der Waals surface area contributed by atoms with Gasteiger partial charge in [-0.05, 0) is 36.5 Å². The van der Waals surface area contributed by atoms with Crippen LogP contribution in [0, 0.1) is 11.7 Å². The maximum Gasteiger partial charge on any atom is 0.146 e. The van der Waals surface area contributed by atoms with Gasteiger partial charge in [0.15, 0.2) is 0 Å². The Labute approximate surface area is 76.7 Å². The van der Waals surface area contributed by atoms with Crippen LogP contribution >= 0.6 is 0 Å². The lowest BCUT2D eigenvalue weighted by Crippen LogP contribution is -2.12. The number of benzene rings is 1. The quantitative estimate of drug-likeness (QED) is 0.682. The van der Waals surface area contributed by atoms with Crippen LogP contribution in [0.25, 0.3) is 0 Å². The van der Waals surface area contributed by atoms with Crippen molar-refractivity contribution in [3.8, 4) is 0 Å². The van der Waals surface area contributed by atoms with E-state index in [2.05, 4.69) is 0 Å². The summed E-state index contributed by atoms with van der Waals surface area (Å²) in [5, 5.41) is 0. The summed E-state index contributed by atoms with van der Waals surface area (Å²) in [6, 6.07) is 4.77. The number of nitrogen functional groups attached to an aromatic ring is 1. The van der Waals surface area contributed by atoms with Crippen LogP contribution in [-0.4, -0.2) is 0 Å². The van der Waals surface area contributed by atoms with Crippen LogP contribution in [0.2, 0.25) is 0 Å². The molecule has 0 radical (unpaired) electrons. The molecule has 1 aliphatic rings. The minimum atomic E-state index is -0.369. The van der Waals surface area contributed by atoms with E-state index in [1.807, 2.05) is 0 Å². The molecule has 1 fully saturated rings. The van der Waals surface area contributed by atoms with Crippen molar-refractivity contribution in [2.45, 2.75) is 18.9 Å². The largest absolute Gasteiger partial charge is 0.396 e. The van der Waals surface area contributed by atoms with Crippen molar-refractivity contribution in [2.24, 2.45) is 11.7 Å². The van der Waals surface area contributed by atoms with Gasteiger partial charge in [-0.2, -0.15) is 0 Å². The van der Waals surface area contributed by atoms with Crippen LogP contribution in [0.5, 0.6) is 0 Å². The van der Waals surface area contributed by atoms with E-state index >= 15 is 0 Å². The van der Waals surface area contributed by atoms with E-state index < -0.39 is 0 Å². The molecule has 2 nitrogen and oxygen atoms in total. The molecule has 1 saturated carbocycles. The summed E-state index contributed by atoms with van der Waals surface area (Å²) < 4.78 is 12.8. The fourth-order valence-corrected chi connectivity index (χ4v) is 1.50. The Morgan fingerprint density at radius 3 is 2.62 bits per heavy atom. The Kier molecular flexibility index (Phi) is 1.96. The number of hydrogen-bond acceptors (Lipinski definition) is 2. The standard InChI is InChI=1S/C10H13FN2/c11-8-4-3-7(5-9(8)12)10(13)6-1-2-6/h3-6,10H,1-2,12-13H2/t10-/m0/s1. The Hall–Kier alpha value is -1.09. The molecule has 0 amide bonds. The van der Waals surface area contributed by atoms with Gasteiger partial charge in [-0.1, -0.05) is 6.07 Å². The van der Waals surface area contributed by atoms with Gasteiger partial charge in [-0.3, -0.25) is 0 Å². The van der Waals surface area contributed by atoms with Crippen molar-refractivity contribution in [2.75, 3.05) is 5.73 Å². The number of nitrogens with two attached hydrogens (primary N) is 2. The van der Waals surface area contributed by atoms with Crippen LogP contribution in [-0.2, 0) is 0 Å². The second kappa shape index (κ2) is 3.00. The molecular weight excluding hydrogens is 167 g/mol. The summed E-state index contributed by atoms with van der Waals surface area (Å²) in [6.07, 6.45) is 2.36. The maximum absolute atomic E-state index is 12.8. The van der Waals surface area contributed by atoms with Gasteiger partial charge in [0.25, 0.3) is 0 Å². The second-order valence-corrected chi connectivity index (χ2v) is 3.64. The van der Waals surface area contributed by atoms with Crippen molar-refractivity contribution in [1.29, 1.82) is 0 Å². The molecule has 0 heterocycles. The van der Waals surface area contributed by atoms with Crippen LogP contribution < -0.4 is 11.5 Å². The number of anilines is 1. The van der Waals surface area contributed by atoms with Crippen LogP contribution in [0.3, 0.4) is 0 Å². The Morgan fingerprint density at radius 2 is 2.08 bits per heavy atom. The van der Waals surface area contributed by atoms with Gasteiger partial charge in [-0.15, -0.1) is 0 Å². The average Bonchev–Trinajstić information content (AvgIpc) is 2.91. The van der Waals surface area contributed by atoms with Gasteiger partial charge in [0.05, 0.1) is 5.69 Å². The topological polar surface area (TPSA) is 52.0 Å². The van der Waals surface area contributed by atoms with Crippen LogP contribution in [0.4, 0.5) is 10.1 Å². The molecule has 1 aromatic carbocycles. The molecule has 0 bridgehead atoms. The van der Waals surface area contributed by atoms with Gasteiger partial charge >= 0.3 is 0 Å². The van der Waals surface area contributed by atoms with Gasteiger partial charge in [0, 0.05) is 6.04 Å². The molecule has 0 unspecified atom stereocenters. The average molecular weight is 180 g/mol. The highest BCUT2D eigenvalue weighted by molar-refractivity contribution is 5.43. The summed E-state index contributed by atoms with van der Waals surface area (Å²) >= 11 is 0. The third-order valence-electron chi connectivity index (χ3n) is 2.53. The number of rotatable bonds is 2. The lowest BCUT2D eigenvalue weighted by Gasteiger charge is -2.11. The molecule has 4 N–H and O–H groups in total. The molecule has 70 valence electrons. The molecule has 0 saturated heterocycles. The first-order chi connectivity index (χ1) is 6.18. The number of hydrogen-bond donors (Lipinski definition) is 2. The Morgan fingerprint density at radius 1 is 1.38 bits per heavy atom. The summed E-state index contributed by atoms with van der Waals surface area (Å²) in [4.78, 5) is 0. The summed E-state index contributed by atoms with van der Waals surface area (Å²) in [5.74, 6) is 0.205. The highest BCUT2D eigenvalue weighted by Crippen LogP contribution is 2.39. The van der Waals surface area contributed by atoms with E-state index in [-0.39, 0.29) is 17.5 Å². The van der Waals surface area contributed by atoms with E-state index in [1.165, 1.54) is 18.9 Å². The minimum Gasteiger partial charge on any atom is -0.396 e. The SMILES string of the molecule is Nc1cc([C@@H](N)C2CC2)ccc1F. The Bertz CT molecular complexity index is 321. The van der Waals surface area contributed by atoms with Crippen LogP contribution in [0.1, 0.15) is 24.4 Å². The van der Waals surface area contributed by atoms with E-state index in [4.69, 9.17) is 11.5 Å². The van der Waals surface area contributed by atoms with Crippen molar-refractivity contribution in [3.05, 3.63) is 29.6 Å². The van der Waals surface area contributed by atoms with E-state index in [9.17, 15) is 4.39 Å². The zero-order valence-corrected chi connectivity index (χ0v) is 7.33. The third kappa shape index (κ3) is 1.65. The fourth-order valence-electron chi connectivity index (χ4n) is 1.50. The summed E-state index contributed by atoms with van der Waals surface area (Å²) in [7, 11) is 0. The van der Waals surface area contributed by atoms with Crippen LogP contribution in [0.15, 0.2) is 18.2 Å². The maximum atomic E-state index is 12.8. The van der Waals surface area contributed by atoms with Crippen molar-refractivity contribution >= 4 is 5.69 Å². The molecule has 3 heteroatoms. The van der Waals surface area contributed by atoms with Gasteiger partial charge in [0.1, 0.15) is 5.82 Å². The first-order valence-corrected chi connectivity index (χ1v) is 4.49. The Balaban J connectivity index is 2.24. The summed E-state index contributed by atoms with van der Waals surface area (Å²) in [6.45, 7) is 0. The van der Waals surface area contributed by atoms with Crippen molar-refractivity contribution < 1.29 is 4.39 Å². The van der Waals surface area contributed by atoms with Gasteiger partial charge in [-0.25, -0.2) is 4.39 Å². The second-order valence-electron chi connectivity index (χ2n) is 3.64. The first kappa shape index (κ1) is 8.51. The smallest absolute Gasteiger partial charge is 0.146 e. The lowest BCUT2D eigenvalue weighted by molar-refractivity contribution is 0.616. The third-order valence-corrected chi connectivity index (χ3v) is 2.53. The molecule has 0 aliphatic heterocycles. The van der Waals surface area contributed by atoms with Crippen molar-refractivity contribution in [3.63, 3.8) is 0 Å². The van der Waals surface area contributed by atoms with E-state index in [1.54, 1.807) is 12.1 Å². The molecule has 1 aromatic rings. The predicted molar refractivity (Wildman–Crippen MR) is 50.5 cm³/mol. The normalized spacial score (nSPS) is 18.6. The van der Waals surface area contributed by atoms with E-state index in [0.717, 1.165) is 5.56 Å². The molecule has 1 atom stereocenters. The molecule has 0 spiro atoms. The lowest BCUT2D eigenvalue weighted by atomic mass is 10.0. The molecule has 13 heavy (non-hydrogen) atoms. The van der Waals surface area contributed by atoms with Gasteiger partial charge < -0.3 is 11.5 Å². The molecule has 0 aromatic heterocycles. The fraction of sp³-hybridized carbons (Fsp3) is 0.400. The zero-order valence-electron chi connectivity index (χ0n) is 7.33. The predicted octanol–water partition coefficient (Wildman–Crippen LogP) is 1.82. The molecule has 2 rings (SSSR count). The van der Waals surface area contributed by atoms with Crippen molar-refractivity contribution in [1.82, 2.24) is 0 Å². The minimum absolute atomic E-state index is 0.0305. The highest BCUT2D eigenvalue weighted by Gasteiger charge is 2.29. The highest BCUT2D eigenvalue weighted by atomic mass is 19.1. The molecule has 1 aliphatic carbocycles.